The number of hydrogen-bond acceptors (Lipinski definition) is 7. The van der Waals surface area contributed by atoms with Crippen molar-refractivity contribution >= 4 is 11.9 Å². The van der Waals surface area contributed by atoms with E-state index in [1.807, 2.05) is 0 Å². The Morgan fingerprint density at radius 3 is 2.81 bits per heavy atom. The first-order valence-corrected chi connectivity index (χ1v) is 6.06. The van der Waals surface area contributed by atoms with Crippen molar-refractivity contribution in [2.75, 3.05) is 11.1 Å². The third-order valence-corrected chi connectivity index (χ3v) is 2.66. The molecule has 9 heteroatoms. The Hall–Kier alpha value is -3.10. The van der Waals surface area contributed by atoms with Gasteiger partial charge in [-0.25, -0.2) is 9.37 Å². The average Bonchev–Trinajstić information content (AvgIpc) is 3.00. The summed E-state index contributed by atoms with van der Waals surface area (Å²) < 4.78 is 14.9. The molecule has 0 atom stereocenters. The van der Waals surface area contributed by atoms with E-state index in [0.717, 1.165) is 0 Å². The normalized spacial score (nSPS) is 10.5. The van der Waals surface area contributed by atoms with Crippen LogP contribution in [0.5, 0.6) is 0 Å². The quantitative estimate of drug-likeness (QED) is 0.729. The van der Waals surface area contributed by atoms with Gasteiger partial charge in [-0.2, -0.15) is 24.7 Å². The standard InChI is InChI=1S/C12H11FN8/c13-9-4-2-1-3-8(9)5-16-11-18-10(14)19-12(20-11)21-7-15-6-17-21/h1-4,6-7H,5H2,(H3,14,16,18,19,20). The second-order valence-corrected chi connectivity index (χ2v) is 4.10. The maximum atomic E-state index is 13.5. The van der Waals surface area contributed by atoms with Crippen molar-refractivity contribution in [2.24, 2.45) is 0 Å². The smallest absolute Gasteiger partial charge is 0.258 e. The third kappa shape index (κ3) is 2.91. The molecule has 0 aliphatic carbocycles. The summed E-state index contributed by atoms with van der Waals surface area (Å²) in [6, 6.07) is 6.44. The molecule has 106 valence electrons. The Labute approximate surface area is 118 Å². The molecule has 2 heterocycles. The van der Waals surface area contributed by atoms with Crippen LogP contribution in [-0.2, 0) is 6.54 Å². The predicted molar refractivity (Wildman–Crippen MR) is 72.9 cm³/mol. The Bertz CT molecular complexity index is 743. The summed E-state index contributed by atoms with van der Waals surface area (Å²) in [6.07, 6.45) is 2.79. The van der Waals surface area contributed by atoms with Gasteiger partial charge in [-0.05, 0) is 6.07 Å². The van der Waals surface area contributed by atoms with Crippen LogP contribution in [-0.4, -0.2) is 29.7 Å². The van der Waals surface area contributed by atoms with Crippen LogP contribution < -0.4 is 11.1 Å². The van der Waals surface area contributed by atoms with Crippen molar-refractivity contribution < 1.29 is 4.39 Å². The fourth-order valence-corrected chi connectivity index (χ4v) is 1.69. The summed E-state index contributed by atoms with van der Waals surface area (Å²) >= 11 is 0. The molecule has 21 heavy (non-hydrogen) atoms. The van der Waals surface area contributed by atoms with Gasteiger partial charge in [0.1, 0.15) is 18.5 Å². The molecule has 3 aromatic rings. The molecule has 3 rings (SSSR count). The first-order valence-electron chi connectivity index (χ1n) is 6.06. The van der Waals surface area contributed by atoms with Crippen LogP contribution in [0.1, 0.15) is 5.56 Å². The number of rotatable bonds is 4. The lowest BCUT2D eigenvalue weighted by Gasteiger charge is -2.07. The fraction of sp³-hybridized carbons (Fsp3) is 0.0833. The molecular formula is C12H11FN8. The van der Waals surface area contributed by atoms with E-state index in [4.69, 9.17) is 5.73 Å². The number of aromatic nitrogens is 6. The molecule has 0 aliphatic rings. The van der Waals surface area contributed by atoms with E-state index in [1.54, 1.807) is 18.2 Å². The van der Waals surface area contributed by atoms with Crippen molar-refractivity contribution in [3.8, 4) is 5.95 Å². The number of halogens is 1. The molecule has 0 fully saturated rings. The summed E-state index contributed by atoms with van der Waals surface area (Å²) in [7, 11) is 0. The van der Waals surface area contributed by atoms with E-state index in [0.29, 0.717) is 5.56 Å². The van der Waals surface area contributed by atoms with E-state index in [2.05, 4.69) is 30.4 Å². The van der Waals surface area contributed by atoms with Gasteiger partial charge in [0.05, 0.1) is 0 Å². The van der Waals surface area contributed by atoms with E-state index in [1.165, 1.54) is 23.4 Å². The SMILES string of the molecule is Nc1nc(NCc2ccccc2F)nc(-n2cncn2)n1. The van der Waals surface area contributed by atoms with Crippen LogP contribution in [0.3, 0.4) is 0 Å². The van der Waals surface area contributed by atoms with E-state index in [-0.39, 0.29) is 30.2 Å². The minimum Gasteiger partial charge on any atom is -0.368 e. The van der Waals surface area contributed by atoms with E-state index >= 15 is 0 Å². The van der Waals surface area contributed by atoms with Gasteiger partial charge in [0.25, 0.3) is 5.95 Å². The van der Waals surface area contributed by atoms with Gasteiger partial charge < -0.3 is 11.1 Å². The number of benzene rings is 1. The average molecular weight is 286 g/mol. The monoisotopic (exact) mass is 286 g/mol. The molecule has 0 aliphatic heterocycles. The fourth-order valence-electron chi connectivity index (χ4n) is 1.69. The number of nitrogens with two attached hydrogens (primary N) is 1. The Balaban J connectivity index is 1.81. The third-order valence-electron chi connectivity index (χ3n) is 2.66. The summed E-state index contributed by atoms with van der Waals surface area (Å²) in [5, 5.41) is 6.81. The van der Waals surface area contributed by atoms with Crippen LogP contribution in [0, 0.1) is 5.82 Å². The number of anilines is 2. The molecule has 1 aromatic carbocycles. The summed E-state index contributed by atoms with van der Waals surface area (Å²) in [5.74, 6) is 0.197. The Morgan fingerprint density at radius 1 is 1.19 bits per heavy atom. The van der Waals surface area contributed by atoms with Gasteiger partial charge in [-0.3, -0.25) is 0 Å². The highest BCUT2D eigenvalue weighted by Crippen LogP contribution is 2.10. The second kappa shape index (κ2) is 5.49. The number of hydrogen-bond donors (Lipinski definition) is 2. The van der Waals surface area contributed by atoms with Crippen molar-refractivity contribution in [3.05, 3.63) is 48.3 Å². The summed E-state index contributed by atoms with van der Waals surface area (Å²) in [5.41, 5.74) is 6.13. The van der Waals surface area contributed by atoms with Crippen molar-refractivity contribution in [1.29, 1.82) is 0 Å². The van der Waals surface area contributed by atoms with Gasteiger partial charge in [0, 0.05) is 12.1 Å². The predicted octanol–water partition coefficient (Wildman–Crippen LogP) is 0.786. The van der Waals surface area contributed by atoms with Gasteiger partial charge >= 0.3 is 0 Å². The van der Waals surface area contributed by atoms with E-state index < -0.39 is 0 Å². The minimum atomic E-state index is -0.302. The molecule has 3 N–H and O–H groups in total. The highest BCUT2D eigenvalue weighted by Gasteiger charge is 2.07. The zero-order valence-corrected chi connectivity index (χ0v) is 10.8. The number of nitrogen functional groups attached to an aromatic ring is 1. The van der Waals surface area contributed by atoms with Crippen LogP contribution in [0.25, 0.3) is 5.95 Å². The van der Waals surface area contributed by atoms with Crippen LogP contribution in [0.15, 0.2) is 36.9 Å². The lowest BCUT2D eigenvalue weighted by molar-refractivity contribution is 0.612. The first-order chi connectivity index (χ1) is 10.2. The van der Waals surface area contributed by atoms with Gasteiger partial charge in [0.2, 0.25) is 11.9 Å². The lowest BCUT2D eigenvalue weighted by atomic mass is 10.2. The summed E-state index contributed by atoms with van der Waals surface area (Å²) in [6.45, 7) is 0.229. The maximum absolute atomic E-state index is 13.5. The van der Waals surface area contributed by atoms with Crippen molar-refractivity contribution in [2.45, 2.75) is 6.54 Å². The van der Waals surface area contributed by atoms with Crippen molar-refractivity contribution in [3.63, 3.8) is 0 Å². The zero-order chi connectivity index (χ0) is 14.7. The summed E-state index contributed by atoms with van der Waals surface area (Å²) in [4.78, 5) is 15.8. The van der Waals surface area contributed by atoms with Gasteiger partial charge in [-0.1, -0.05) is 18.2 Å². The Kier molecular flexibility index (Phi) is 3.37. The Morgan fingerprint density at radius 2 is 2.05 bits per heavy atom. The number of nitrogens with one attached hydrogen (secondary N) is 1. The van der Waals surface area contributed by atoms with Gasteiger partial charge in [-0.15, -0.1) is 0 Å². The van der Waals surface area contributed by atoms with Crippen LogP contribution in [0.4, 0.5) is 16.3 Å². The second-order valence-electron chi connectivity index (χ2n) is 4.10. The molecule has 0 amide bonds. The minimum absolute atomic E-state index is 0.0338. The van der Waals surface area contributed by atoms with Crippen LogP contribution in [0.2, 0.25) is 0 Å². The zero-order valence-electron chi connectivity index (χ0n) is 10.8. The maximum Gasteiger partial charge on any atom is 0.258 e. The molecule has 0 bridgehead atoms. The topological polar surface area (TPSA) is 107 Å². The lowest BCUT2D eigenvalue weighted by Crippen LogP contribution is -2.11. The molecule has 0 unspecified atom stereocenters. The van der Waals surface area contributed by atoms with Crippen molar-refractivity contribution in [1.82, 2.24) is 29.7 Å². The van der Waals surface area contributed by atoms with Gasteiger partial charge in [0.15, 0.2) is 0 Å². The molecular weight excluding hydrogens is 275 g/mol. The van der Waals surface area contributed by atoms with E-state index in [9.17, 15) is 4.39 Å². The molecule has 0 radical (unpaired) electrons. The first kappa shape index (κ1) is 12.9. The van der Waals surface area contributed by atoms with Crippen LogP contribution >= 0.6 is 0 Å². The largest absolute Gasteiger partial charge is 0.368 e. The molecule has 0 saturated carbocycles. The highest BCUT2D eigenvalue weighted by molar-refractivity contribution is 5.35. The molecule has 0 saturated heterocycles. The highest BCUT2D eigenvalue weighted by atomic mass is 19.1. The number of nitrogens with zero attached hydrogens (tertiary/aromatic N) is 6. The molecule has 2 aromatic heterocycles. The molecule has 0 spiro atoms. The molecule has 8 nitrogen and oxygen atoms in total.